The predicted octanol–water partition coefficient (Wildman–Crippen LogP) is 4.42. The smallest absolute Gasteiger partial charge is 0.229 e. The fraction of sp³-hybridized carbons (Fsp3) is 0.250. The molecule has 5 nitrogen and oxygen atoms in total. The number of hydrogen-bond donors (Lipinski definition) is 1. The van der Waals surface area contributed by atoms with E-state index in [0.29, 0.717) is 11.5 Å². The van der Waals surface area contributed by atoms with Crippen molar-refractivity contribution in [2.45, 2.75) is 20.8 Å². The van der Waals surface area contributed by atoms with Gasteiger partial charge >= 0.3 is 0 Å². The van der Waals surface area contributed by atoms with Crippen molar-refractivity contribution in [1.29, 1.82) is 0 Å². The number of benzene rings is 2. The van der Waals surface area contributed by atoms with E-state index in [1.807, 2.05) is 42.5 Å². The summed E-state index contributed by atoms with van der Waals surface area (Å²) in [5.41, 5.74) is 2.35. The number of carbonyl (C=O) groups excluding carboxylic acids is 1. The molecular weight excluding hydrogens is 312 g/mol. The Morgan fingerprint density at radius 2 is 1.80 bits per heavy atom. The third-order valence-corrected chi connectivity index (χ3v) is 4.17. The highest BCUT2D eigenvalue weighted by Crippen LogP contribution is 2.26. The SMILES string of the molecule is CCN(CC)c1nc(Nc2cccc(C(C)=O)c2)nc2ccccc12. The van der Waals surface area contributed by atoms with Crippen LogP contribution >= 0.6 is 0 Å². The molecule has 0 radical (unpaired) electrons. The molecule has 0 aliphatic heterocycles. The molecule has 0 aliphatic rings. The molecule has 3 aromatic rings. The van der Waals surface area contributed by atoms with Crippen LogP contribution in [0.5, 0.6) is 0 Å². The van der Waals surface area contributed by atoms with E-state index >= 15 is 0 Å². The van der Waals surface area contributed by atoms with Crippen molar-refractivity contribution >= 4 is 34.1 Å². The number of hydrogen-bond acceptors (Lipinski definition) is 5. The van der Waals surface area contributed by atoms with Crippen molar-refractivity contribution in [3.63, 3.8) is 0 Å². The summed E-state index contributed by atoms with van der Waals surface area (Å²) in [6.45, 7) is 7.53. The van der Waals surface area contributed by atoms with E-state index < -0.39 is 0 Å². The van der Waals surface area contributed by atoms with E-state index in [1.54, 1.807) is 13.0 Å². The van der Waals surface area contributed by atoms with Crippen LogP contribution in [0.25, 0.3) is 10.9 Å². The van der Waals surface area contributed by atoms with Crippen LogP contribution in [0.4, 0.5) is 17.5 Å². The third kappa shape index (κ3) is 3.60. The van der Waals surface area contributed by atoms with Gasteiger partial charge in [-0.25, -0.2) is 4.98 Å². The molecule has 5 heteroatoms. The number of Topliss-reactive ketones (excluding diaryl/α,β-unsaturated/α-hetero) is 1. The second-order valence-electron chi connectivity index (χ2n) is 5.82. The van der Waals surface area contributed by atoms with Crippen molar-refractivity contribution < 1.29 is 4.79 Å². The summed E-state index contributed by atoms with van der Waals surface area (Å²) in [6.07, 6.45) is 0. The summed E-state index contributed by atoms with van der Waals surface area (Å²) < 4.78 is 0. The first kappa shape index (κ1) is 16.9. The number of ketones is 1. The lowest BCUT2D eigenvalue weighted by molar-refractivity contribution is 0.101. The summed E-state index contributed by atoms with van der Waals surface area (Å²) in [7, 11) is 0. The van der Waals surface area contributed by atoms with Gasteiger partial charge in [0.25, 0.3) is 0 Å². The van der Waals surface area contributed by atoms with E-state index in [4.69, 9.17) is 4.98 Å². The topological polar surface area (TPSA) is 58.1 Å². The molecule has 0 saturated carbocycles. The minimum absolute atomic E-state index is 0.0342. The molecule has 0 saturated heterocycles. The van der Waals surface area contributed by atoms with Crippen molar-refractivity contribution in [3.8, 4) is 0 Å². The molecule has 0 fully saturated rings. The van der Waals surface area contributed by atoms with Gasteiger partial charge in [0.15, 0.2) is 5.78 Å². The van der Waals surface area contributed by atoms with Crippen molar-refractivity contribution in [2.75, 3.05) is 23.3 Å². The van der Waals surface area contributed by atoms with Crippen LogP contribution < -0.4 is 10.2 Å². The van der Waals surface area contributed by atoms with Crippen LogP contribution in [-0.4, -0.2) is 28.8 Å². The summed E-state index contributed by atoms with van der Waals surface area (Å²) >= 11 is 0. The Hall–Kier alpha value is -2.95. The zero-order valence-electron chi connectivity index (χ0n) is 14.8. The normalized spacial score (nSPS) is 10.7. The zero-order valence-corrected chi connectivity index (χ0v) is 14.8. The number of nitrogens with one attached hydrogen (secondary N) is 1. The standard InChI is InChI=1S/C20H22N4O/c1-4-24(5-2)19-17-11-6-7-12-18(17)22-20(23-19)21-16-10-8-9-15(13-16)14(3)25/h6-13H,4-5H2,1-3H3,(H,21,22,23). The number of rotatable bonds is 6. The van der Waals surface area contributed by atoms with Gasteiger partial charge in [-0.3, -0.25) is 4.79 Å². The van der Waals surface area contributed by atoms with Crippen LogP contribution in [0, 0.1) is 0 Å². The molecule has 25 heavy (non-hydrogen) atoms. The van der Waals surface area contributed by atoms with Crippen LogP contribution in [0.3, 0.4) is 0 Å². The van der Waals surface area contributed by atoms with Crippen LogP contribution in [-0.2, 0) is 0 Å². The maximum Gasteiger partial charge on any atom is 0.229 e. The molecule has 0 aliphatic carbocycles. The Bertz CT molecular complexity index is 903. The van der Waals surface area contributed by atoms with Crippen molar-refractivity contribution in [2.24, 2.45) is 0 Å². The molecule has 2 aromatic carbocycles. The maximum atomic E-state index is 11.6. The fourth-order valence-corrected chi connectivity index (χ4v) is 2.82. The van der Waals surface area contributed by atoms with Crippen LogP contribution in [0.1, 0.15) is 31.1 Å². The van der Waals surface area contributed by atoms with E-state index in [9.17, 15) is 4.79 Å². The second kappa shape index (κ2) is 7.30. The number of carbonyl (C=O) groups is 1. The lowest BCUT2D eigenvalue weighted by Crippen LogP contribution is -2.23. The second-order valence-corrected chi connectivity index (χ2v) is 5.82. The summed E-state index contributed by atoms with van der Waals surface area (Å²) in [5.74, 6) is 1.48. The first-order valence-electron chi connectivity index (χ1n) is 8.52. The molecule has 0 bridgehead atoms. The molecule has 0 amide bonds. The highest BCUT2D eigenvalue weighted by Gasteiger charge is 2.12. The van der Waals surface area contributed by atoms with Gasteiger partial charge in [-0.2, -0.15) is 4.98 Å². The van der Waals surface area contributed by atoms with Crippen molar-refractivity contribution in [3.05, 3.63) is 54.1 Å². The van der Waals surface area contributed by atoms with Gasteiger partial charge in [-0.05, 0) is 45.0 Å². The Kier molecular flexibility index (Phi) is 4.93. The van der Waals surface area contributed by atoms with E-state index in [2.05, 4.69) is 29.0 Å². The number of para-hydroxylation sites is 1. The van der Waals surface area contributed by atoms with Crippen molar-refractivity contribution in [1.82, 2.24) is 9.97 Å². The molecule has 0 unspecified atom stereocenters. The number of aromatic nitrogens is 2. The molecule has 0 atom stereocenters. The molecular formula is C20H22N4O. The van der Waals surface area contributed by atoms with Gasteiger partial charge in [0.1, 0.15) is 5.82 Å². The molecule has 3 rings (SSSR count). The highest BCUT2D eigenvalue weighted by molar-refractivity contribution is 5.95. The Labute approximate surface area is 147 Å². The number of nitrogens with zero attached hydrogens (tertiary/aromatic N) is 3. The van der Waals surface area contributed by atoms with E-state index in [1.165, 1.54) is 0 Å². The monoisotopic (exact) mass is 334 g/mol. The van der Waals surface area contributed by atoms with Crippen LogP contribution in [0.2, 0.25) is 0 Å². The quantitative estimate of drug-likeness (QED) is 0.676. The fourth-order valence-electron chi connectivity index (χ4n) is 2.82. The Morgan fingerprint density at radius 3 is 2.52 bits per heavy atom. The maximum absolute atomic E-state index is 11.6. The minimum Gasteiger partial charge on any atom is -0.356 e. The van der Waals surface area contributed by atoms with Gasteiger partial charge in [0.05, 0.1) is 5.52 Å². The zero-order chi connectivity index (χ0) is 17.8. The lowest BCUT2D eigenvalue weighted by atomic mass is 10.1. The molecule has 128 valence electrons. The van der Waals surface area contributed by atoms with Crippen LogP contribution in [0.15, 0.2) is 48.5 Å². The van der Waals surface area contributed by atoms with E-state index in [0.717, 1.165) is 35.5 Å². The number of fused-ring (bicyclic) bond motifs is 1. The van der Waals surface area contributed by atoms with Gasteiger partial charge in [0, 0.05) is 29.7 Å². The average Bonchev–Trinajstić information content (AvgIpc) is 2.63. The Morgan fingerprint density at radius 1 is 1.04 bits per heavy atom. The summed E-state index contributed by atoms with van der Waals surface area (Å²) in [5, 5.41) is 4.27. The van der Waals surface area contributed by atoms with Gasteiger partial charge in [0.2, 0.25) is 5.95 Å². The lowest BCUT2D eigenvalue weighted by Gasteiger charge is -2.22. The van der Waals surface area contributed by atoms with Gasteiger partial charge in [-0.1, -0.05) is 24.3 Å². The van der Waals surface area contributed by atoms with E-state index in [-0.39, 0.29) is 5.78 Å². The summed E-state index contributed by atoms with van der Waals surface area (Å²) in [6, 6.07) is 15.4. The van der Waals surface area contributed by atoms with Gasteiger partial charge < -0.3 is 10.2 Å². The number of anilines is 3. The third-order valence-electron chi connectivity index (χ3n) is 4.17. The highest BCUT2D eigenvalue weighted by atomic mass is 16.1. The average molecular weight is 334 g/mol. The molecule has 1 aromatic heterocycles. The first-order chi connectivity index (χ1) is 12.1. The molecule has 0 spiro atoms. The molecule has 1 N–H and O–H groups in total. The molecule has 1 heterocycles. The minimum atomic E-state index is 0.0342. The summed E-state index contributed by atoms with van der Waals surface area (Å²) in [4.78, 5) is 23.1. The predicted molar refractivity (Wildman–Crippen MR) is 103 cm³/mol. The van der Waals surface area contributed by atoms with Gasteiger partial charge in [-0.15, -0.1) is 0 Å². The Balaban J connectivity index is 2.05. The largest absolute Gasteiger partial charge is 0.356 e. The first-order valence-corrected chi connectivity index (χ1v) is 8.52.